The molecule has 0 bridgehead atoms. The summed E-state index contributed by atoms with van der Waals surface area (Å²) in [4.78, 5) is 22.4. The van der Waals surface area contributed by atoms with Gasteiger partial charge in [-0.1, -0.05) is 13.8 Å². The molecule has 3 atom stereocenters. The van der Waals surface area contributed by atoms with Gasteiger partial charge in [0.05, 0.1) is 12.0 Å². The van der Waals surface area contributed by atoms with Gasteiger partial charge in [0.1, 0.15) is 0 Å². The van der Waals surface area contributed by atoms with Crippen molar-refractivity contribution in [3.8, 4) is 0 Å². The first kappa shape index (κ1) is 14.0. The van der Waals surface area contributed by atoms with Crippen molar-refractivity contribution in [3.63, 3.8) is 0 Å². The quantitative estimate of drug-likeness (QED) is 0.756. The predicted molar refractivity (Wildman–Crippen MR) is 62.6 cm³/mol. The van der Waals surface area contributed by atoms with Gasteiger partial charge in [0.25, 0.3) is 0 Å². The molecule has 0 aromatic heterocycles. The zero-order valence-electron chi connectivity index (χ0n) is 10.4. The van der Waals surface area contributed by atoms with Crippen LogP contribution in [-0.2, 0) is 14.3 Å². The van der Waals surface area contributed by atoms with Gasteiger partial charge in [-0.3, -0.25) is 9.59 Å². The van der Waals surface area contributed by atoms with Gasteiger partial charge in [-0.05, 0) is 19.3 Å². The summed E-state index contributed by atoms with van der Waals surface area (Å²) in [6.07, 6.45) is 3.25. The molecule has 1 aliphatic heterocycles. The standard InChI is InChI=1S/C12H21NO4/c1-8(9(2)12(15)16)11(14)13-7-10-5-3-4-6-17-10/h8-10H,3-7H2,1-2H3,(H,13,14)(H,15,16). The Morgan fingerprint density at radius 3 is 2.59 bits per heavy atom. The molecule has 0 saturated carbocycles. The molecule has 5 heteroatoms. The summed E-state index contributed by atoms with van der Waals surface area (Å²) in [5.41, 5.74) is 0. The number of rotatable bonds is 5. The Kier molecular flexibility index (Phi) is 5.41. The SMILES string of the molecule is CC(C(=O)O)C(C)C(=O)NCC1CCCCO1. The molecule has 1 amide bonds. The van der Waals surface area contributed by atoms with Crippen LogP contribution in [0.4, 0.5) is 0 Å². The number of hydrogen-bond donors (Lipinski definition) is 2. The molecule has 2 N–H and O–H groups in total. The first-order valence-electron chi connectivity index (χ1n) is 6.14. The minimum absolute atomic E-state index is 0.0834. The van der Waals surface area contributed by atoms with E-state index in [9.17, 15) is 9.59 Å². The number of carbonyl (C=O) groups excluding carboxylic acids is 1. The van der Waals surface area contributed by atoms with Gasteiger partial charge in [0.15, 0.2) is 0 Å². The summed E-state index contributed by atoms with van der Waals surface area (Å²) in [7, 11) is 0. The summed E-state index contributed by atoms with van der Waals surface area (Å²) in [6, 6.07) is 0. The molecular weight excluding hydrogens is 222 g/mol. The maximum atomic E-state index is 11.7. The lowest BCUT2D eigenvalue weighted by Crippen LogP contribution is -2.40. The zero-order chi connectivity index (χ0) is 12.8. The summed E-state index contributed by atoms with van der Waals surface area (Å²) >= 11 is 0. The normalized spacial score (nSPS) is 23.8. The number of hydrogen-bond acceptors (Lipinski definition) is 3. The number of nitrogens with one attached hydrogen (secondary N) is 1. The highest BCUT2D eigenvalue weighted by atomic mass is 16.5. The smallest absolute Gasteiger partial charge is 0.307 e. The van der Waals surface area contributed by atoms with E-state index in [1.54, 1.807) is 13.8 Å². The van der Waals surface area contributed by atoms with Crippen molar-refractivity contribution in [2.45, 2.75) is 39.2 Å². The Balaban J connectivity index is 2.30. The average molecular weight is 243 g/mol. The number of carbonyl (C=O) groups is 2. The monoisotopic (exact) mass is 243 g/mol. The molecule has 1 heterocycles. The molecule has 0 aromatic rings. The van der Waals surface area contributed by atoms with Gasteiger partial charge < -0.3 is 15.2 Å². The van der Waals surface area contributed by atoms with Crippen LogP contribution in [0.15, 0.2) is 0 Å². The Morgan fingerprint density at radius 2 is 2.06 bits per heavy atom. The van der Waals surface area contributed by atoms with Crippen LogP contribution in [0, 0.1) is 11.8 Å². The summed E-state index contributed by atoms with van der Waals surface area (Å²) < 4.78 is 5.48. The number of aliphatic carboxylic acids is 1. The summed E-state index contributed by atoms with van der Waals surface area (Å²) in [5.74, 6) is -2.34. The molecule has 98 valence electrons. The van der Waals surface area contributed by atoms with E-state index in [-0.39, 0.29) is 12.0 Å². The Labute approximate surface area is 102 Å². The summed E-state index contributed by atoms with van der Waals surface area (Å²) in [6.45, 7) is 4.41. The van der Waals surface area contributed by atoms with E-state index in [2.05, 4.69) is 5.32 Å². The highest BCUT2D eigenvalue weighted by molar-refractivity contribution is 5.84. The van der Waals surface area contributed by atoms with Crippen molar-refractivity contribution >= 4 is 11.9 Å². The summed E-state index contributed by atoms with van der Waals surface area (Å²) in [5, 5.41) is 11.6. The minimum Gasteiger partial charge on any atom is -0.481 e. The predicted octanol–water partition coefficient (Wildman–Crippen LogP) is 1.03. The fourth-order valence-electron chi connectivity index (χ4n) is 1.78. The Morgan fingerprint density at radius 1 is 1.35 bits per heavy atom. The average Bonchev–Trinajstić information content (AvgIpc) is 2.35. The van der Waals surface area contributed by atoms with Crippen LogP contribution in [0.25, 0.3) is 0 Å². The highest BCUT2D eigenvalue weighted by Crippen LogP contribution is 2.13. The third kappa shape index (κ3) is 4.34. The molecule has 1 saturated heterocycles. The van der Waals surface area contributed by atoms with Crippen LogP contribution in [0.5, 0.6) is 0 Å². The highest BCUT2D eigenvalue weighted by Gasteiger charge is 2.26. The Bertz CT molecular complexity index is 274. The Hall–Kier alpha value is -1.10. The van der Waals surface area contributed by atoms with E-state index < -0.39 is 17.8 Å². The van der Waals surface area contributed by atoms with Crippen LogP contribution in [0.1, 0.15) is 33.1 Å². The van der Waals surface area contributed by atoms with Gasteiger partial charge in [-0.15, -0.1) is 0 Å². The van der Waals surface area contributed by atoms with Crippen molar-refractivity contribution in [2.75, 3.05) is 13.2 Å². The van der Waals surface area contributed by atoms with Crippen LogP contribution < -0.4 is 5.32 Å². The second-order valence-electron chi connectivity index (χ2n) is 4.65. The fourth-order valence-corrected chi connectivity index (χ4v) is 1.78. The zero-order valence-corrected chi connectivity index (χ0v) is 10.4. The van der Waals surface area contributed by atoms with Gasteiger partial charge in [-0.2, -0.15) is 0 Å². The molecule has 1 rings (SSSR count). The lowest BCUT2D eigenvalue weighted by molar-refractivity contribution is -0.146. The largest absolute Gasteiger partial charge is 0.481 e. The molecule has 5 nitrogen and oxygen atoms in total. The third-order valence-electron chi connectivity index (χ3n) is 3.33. The second kappa shape index (κ2) is 6.59. The van der Waals surface area contributed by atoms with E-state index >= 15 is 0 Å². The van der Waals surface area contributed by atoms with E-state index in [1.165, 1.54) is 0 Å². The first-order chi connectivity index (χ1) is 8.02. The van der Waals surface area contributed by atoms with Crippen molar-refractivity contribution in [2.24, 2.45) is 11.8 Å². The molecule has 1 fully saturated rings. The lowest BCUT2D eigenvalue weighted by Gasteiger charge is -2.24. The number of carboxylic acids is 1. The minimum atomic E-state index is -0.943. The number of ether oxygens (including phenoxy) is 1. The van der Waals surface area contributed by atoms with Crippen molar-refractivity contribution in [1.82, 2.24) is 5.32 Å². The van der Waals surface area contributed by atoms with E-state index in [0.29, 0.717) is 6.54 Å². The van der Waals surface area contributed by atoms with Gasteiger partial charge >= 0.3 is 5.97 Å². The number of amides is 1. The third-order valence-corrected chi connectivity index (χ3v) is 3.33. The molecule has 17 heavy (non-hydrogen) atoms. The second-order valence-corrected chi connectivity index (χ2v) is 4.65. The van der Waals surface area contributed by atoms with Gasteiger partial charge in [0.2, 0.25) is 5.91 Å². The van der Waals surface area contributed by atoms with Crippen LogP contribution >= 0.6 is 0 Å². The van der Waals surface area contributed by atoms with Crippen LogP contribution in [-0.4, -0.2) is 36.2 Å². The molecule has 0 aromatic carbocycles. The van der Waals surface area contributed by atoms with E-state index in [4.69, 9.17) is 9.84 Å². The fraction of sp³-hybridized carbons (Fsp3) is 0.833. The molecule has 0 radical (unpaired) electrons. The van der Waals surface area contributed by atoms with E-state index in [1.807, 2.05) is 0 Å². The van der Waals surface area contributed by atoms with Crippen molar-refractivity contribution in [3.05, 3.63) is 0 Å². The molecule has 1 aliphatic rings. The molecule has 3 unspecified atom stereocenters. The van der Waals surface area contributed by atoms with Crippen molar-refractivity contribution < 1.29 is 19.4 Å². The maximum absolute atomic E-state index is 11.7. The van der Waals surface area contributed by atoms with Crippen LogP contribution in [0.3, 0.4) is 0 Å². The molecule has 0 spiro atoms. The topological polar surface area (TPSA) is 75.6 Å². The van der Waals surface area contributed by atoms with Gasteiger partial charge in [0, 0.05) is 19.1 Å². The molecule has 0 aliphatic carbocycles. The van der Waals surface area contributed by atoms with Crippen molar-refractivity contribution in [1.29, 1.82) is 0 Å². The first-order valence-corrected chi connectivity index (χ1v) is 6.14. The maximum Gasteiger partial charge on any atom is 0.307 e. The van der Waals surface area contributed by atoms with Crippen LogP contribution in [0.2, 0.25) is 0 Å². The number of carboxylic acid groups (broad SMARTS) is 1. The van der Waals surface area contributed by atoms with Gasteiger partial charge in [-0.25, -0.2) is 0 Å². The lowest BCUT2D eigenvalue weighted by atomic mass is 9.95. The van der Waals surface area contributed by atoms with E-state index in [0.717, 1.165) is 25.9 Å². The molecular formula is C12H21NO4.